The third-order valence-electron chi connectivity index (χ3n) is 4.51. The Bertz CT molecular complexity index is 856. The molecule has 1 N–H and O–H groups in total. The van der Waals surface area contributed by atoms with E-state index in [9.17, 15) is 4.79 Å². The molecular weight excluding hydrogens is 332 g/mol. The Morgan fingerprint density at radius 3 is 2.80 bits per heavy atom. The third kappa shape index (κ3) is 4.43. The molecule has 3 aromatic rings. The lowest BCUT2D eigenvalue weighted by atomic mass is 10.1. The average Bonchev–Trinajstić information content (AvgIpc) is 3.03. The van der Waals surface area contributed by atoms with Crippen molar-refractivity contribution in [2.75, 3.05) is 6.54 Å². The van der Waals surface area contributed by atoms with Crippen LogP contribution in [0.3, 0.4) is 0 Å². The zero-order chi connectivity index (χ0) is 17.6. The van der Waals surface area contributed by atoms with Gasteiger partial charge in [0.25, 0.3) is 0 Å². The number of benzene rings is 2. The quantitative estimate of drug-likeness (QED) is 0.622. The molecule has 3 rings (SSSR count). The van der Waals surface area contributed by atoms with Gasteiger partial charge in [-0.3, -0.25) is 4.79 Å². The number of H-pyrrole nitrogens is 1. The molecule has 25 heavy (non-hydrogen) atoms. The molecule has 3 nitrogen and oxygen atoms in total. The van der Waals surface area contributed by atoms with E-state index in [0.717, 1.165) is 23.9 Å². The van der Waals surface area contributed by atoms with Crippen LogP contribution in [0.25, 0.3) is 10.9 Å². The highest BCUT2D eigenvalue weighted by molar-refractivity contribution is 6.30. The van der Waals surface area contributed by atoms with Crippen LogP contribution in [0.1, 0.15) is 30.9 Å². The van der Waals surface area contributed by atoms with Gasteiger partial charge in [0.1, 0.15) is 0 Å². The van der Waals surface area contributed by atoms with Gasteiger partial charge < -0.3 is 9.88 Å². The zero-order valence-corrected chi connectivity index (χ0v) is 15.2. The number of amides is 1. The number of aromatic amines is 1. The molecule has 1 amide bonds. The Labute approximate surface area is 153 Å². The van der Waals surface area contributed by atoms with Crippen LogP contribution in [0.2, 0.25) is 5.02 Å². The maximum absolute atomic E-state index is 12.5. The number of para-hydroxylation sites is 1. The number of halogens is 1. The second kappa shape index (κ2) is 8.21. The van der Waals surface area contributed by atoms with Gasteiger partial charge in [-0.1, -0.05) is 41.9 Å². The monoisotopic (exact) mass is 354 g/mol. The molecule has 0 aliphatic heterocycles. The summed E-state index contributed by atoms with van der Waals surface area (Å²) >= 11 is 6.03. The SMILES string of the molecule is CCN(Cc1cccc(Cl)c1)C(=O)CCCc1c[nH]c2ccccc12. The lowest BCUT2D eigenvalue weighted by Crippen LogP contribution is -2.30. The summed E-state index contributed by atoms with van der Waals surface area (Å²) in [5, 5.41) is 1.96. The van der Waals surface area contributed by atoms with Crippen LogP contribution in [0, 0.1) is 0 Å². The second-order valence-electron chi connectivity index (χ2n) is 6.25. The number of aromatic nitrogens is 1. The summed E-state index contributed by atoms with van der Waals surface area (Å²) in [7, 11) is 0. The van der Waals surface area contributed by atoms with Crippen molar-refractivity contribution < 1.29 is 4.79 Å². The fourth-order valence-electron chi connectivity index (χ4n) is 3.16. The Morgan fingerprint density at radius 2 is 2.00 bits per heavy atom. The molecule has 0 aliphatic carbocycles. The summed E-state index contributed by atoms with van der Waals surface area (Å²) in [4.78, 5) is 17.7. The standard InChI is InChI=1S/C21H23ClN2O/c1-2-24(15-16-7-5-9-18(22)13-16)21(25)12-6-8-17-14-23-20-11-4-3-10-19(17)20/h3-5,7,9-11,13-14,23H,2,6,8,12,15H2,1H3. The largest absolute Gasteiger partial charge is 0.361 e. The number of rotatable bonds is 7. The molecule has 130 valence electrons. The lowest BCUT2D eigenvalue weighted by molar-refractivity contribution is -0.131. The summed E-state index contributed by atoms with van der Waals surface area (Å²) in [5.74, 6) is 0.197. The Kier molecular flexibility index (Phi) is 5.77. The van der Waals surface area contributed by atoms with Crippen LogP contribution in [-0.2, 0) is 17.8 Å². The van der Waals surface area contributed by atoms with Gasteiger partial charge >= 0.3 is 0 Å². The molecule has 0 spiro atoms. The van der Waals surface area contributed by atoms with Crippen molar-refractivity contribution in [3.05, 3.63) is 70.9 Å². The number of aryl methyl sites for hydroxylation is 1. The van der Waals surface area contributed by atoms with E-state index in [2.05, 4.69) is 29.4 Å². The van der Waals surface area contributed by atoms with E-state index in [-0.39, 0.29) is 5.91 Å². The van der Waals surface area contributed by atoms with E-state index in [4.69, 9.17) is 11.6 Å². The van der Waals surface area contributed by atoms with Gasteiger partial charge in [0.2, 0.25) is 5.91 Å². The fourth-order valence-corrected chi connectivity index (χ4v) is 3.37. The summed E-state index contributed by atoms with van der Waals surface area (Å²) in [6.07, 6.45) is 4.38. The van der Waals surface area contributed by atoms with Crippen LogP contribution in [0.15, 0.2) is 54.7 Å². The van der Waals surface area contributed by atoms with Crippen LogP contribution >= 0.6 is 11.6 Å². The van der Waals surface area contributed by atoms with Gasteiger partial charge in [-0.25, -0.2) is 0 Å². The van der Waals surface area contributed by atoms with E-state index in [1.807, 2.05) is 42.2 Å². The number of hydrogen-bond donors (Lipinski definition) is 1. The Morgan fingerprint density at radius 1 is 1.16 bits per heavy atom. The minimum atomic E-state index is 0.197. The minimum absolute atomic E-state index is 0.197. The van der Waals surface area contributed by atoms with E-state index < -0.39 is 0 Å². The molecule has 4 heteroatoms. The van der Waals surface area contributed by atoms with Gasteiger partial charge in [0, 0.05) is 41.6 Å². The van der Waals surface area contributed by atoms with Crippen LogP contribution in [0.5, 0.6) is 0 Å². The Hall–Kier alpha value is -2.26. The predicted molar refractivity (Wildman–Crippen MR) is 104 cm³/mol. The van der Waals surface area contributed by atoms with E-state index >= 15 is 0 Å². The number of carbonyl (C=O) groups excluding carboxylic acids is 1. The highest BCUT2D eigenvalue weighted by Crippen LogP contribution is 2.20. The number of carbonyl (C=O) groups is 1. The Balaban J connectivity index is 1.55. The molecule has 0 fully saturated rings. The number of nitrogens with zero attached hydrogens (tertiary/aromatic N) is 1. The fraction of sp³-hybridized carbons (Fsp3) is 0.286. The van der Waals surface area contributed by atoms with Crippen molar-refractivity contribution in [3.8, 4) is 0 Å². The van der Waals surface area contributed by atoms with E-state index in [1.165, 1.54) is 10.9 Å². The molecule has 2 aromatic carbocycles. The highest BCUT2D eigenvalue weighted by atomic mass is 35.5. The smallest absolute Gasteiger partial charge is 0.222 e. The molecule has 1 heterocycles. The van der Waals surface area contributed by atoms with Crippen LogP contribution in [0.4, 0.5) is 0 Å². The molecule has 0 saturated carbocycles. The molecule has 0 radical (unpaired) electrons. The maximum Gasteiger partial charge on any atom is 0.222 e. The first-order valence-electron chi connectivity index (χ1n) is 8.74. The molecular formula is C21H23ClN2O. The van der Waals surface area contributed by atoms with Crippen LogP contribution < -0.4 is 0 Å². The van der Waals surface area contributed by atoms with Gasteiger partial charge in [-0.2, -0.15) is 0 Å². The van der Waals surface area contributed by atoms with Crippen molar-refractivity contribution in [1.82, 2.24) is 9.88 Å². The molecule has 0 unspecified atom stereocenters. The summed E-state index contributed by atoms with van der Waals surface area (Å²) in [5.41, 5.74) is 3.50. The van der Waals surface area contributed by atoms with Gasteiger partial charge in [-0.15, -0.1) is 0 Å². The van der Waals surface area contributed by atoms with Gasteiger partial charge in [0.05, 0.1) is 0 Å². The van der Waals surface area contributed by atoms with Crippen molar-refractivity contribution in [2.24, 2.45) is 0 Å². The van der Waals surface area contributed by atoms with Crippen molar-refractivity contribution >= 4 is 28.4 Å². The number of nitrogens with one attached hydrogen (secondary N) is 1. The van der Waals surface area contributed by atoms with Gasteiger partial charge in [-0.05, 0) is 49.1 Å². The summed E-state index contributed by atoms with van der Waals surface area (Å²) in [6.45, 7) is 3.34. The molecule has 0 aliphatic rings. The number of fused-ring (bicyclic) bond motifs is 1. The van der Waals surface area contributed by atoms with Crippen LogP contribution in [-0.4, -0.2) is 22.3 Å². The molecule has 1 aromatic heterocycles. The normalized spacial score (nSPS) is 11.0. The predicted octanol–water partition coefficient (Wildman–Crippen LogP) is 5.19. The van der Waals surface area contributed by atoms with E-state index in [1.54, 1.807) is 0 Å². The summed E-state index contributed by atoms with van der Waals surface area (Å²) in [6, 6.07) is 16.0. The zero-order valence-electron chi connectivity index (χ0n) is 14.5. The molecule has 0 saturated heterocycles. The number of hydrogen-bond acceptors (Lipinski definition) is 1. The average molecular weight is 355 g/mol. The second-order valence-corrected chi connectivity index (χ2v) is 6.69. The van der Waals surface area contributed by atoms with Crippen molar-refractivity contribution in [3.63, 3.8) is 0 Å². The minimum Gasteiger partial charge on any atom is -0.361 e. The highest BCUT2D eigenvalue weighted by Gasteiger charge is 2.13. The first-order chi connectivity index (χ1) is 12.2. The van der Waals surface area contributed by atoms with Crippen molar-refractivity contribution in [1.29, 1.82) is 0 Å². The topological polar surface area (TPSA) is 36.1 Å². The molecule has 0 bridgehead atoms. The van der Waals surface area contributed by atoms with E-state index in [0.29, 0.717) is 24.5 Å². The third-order valence-corrected chi connectivity index (χ3v) is 4.74. The first kappa shape index (κ1) is 17.6. The first-order valence-corrected chi connectivity index (χ1v) is 9.12. The molecule has 0 atom stereocenters. The van der Waals surface area contributed by atoms with Crippen molar-refractivity contribution in [2.45, 2.75) is 32.7 Å². The summed E-state index contributed by atoms with van der Waals surface area (Å²) < 4.78 is 0. The lowest BCUT2D eigenvalue weighted by Gasteiger charge is -2.21. The maximum atomic E-state index is 12.5. The van der Waals surface area contributed by atoms with Gasteiger partial charge in [0.15, 0.2) is 0 Å².